The summed E-state index contributed by atoms with van der Waals surface area (Å²) in [7, 11) is 0. The molecular formula is C14H19NO3. The van der Waals surface area contributed by atoms with Gasteiger partial charge in [0.25, 0.3) is 0 Å². The molecule has 1 aliphatic rings. The van der Waals surface area contributed by atoms with Crippen LogP contribution in [-0.2, 0) is 4.74 Å². The molecule has 18 heavy (non-hydrogen) atoms. The van der Waals surface area contributed by atoms with Gasteiger partial charge in [0.05, 0.1) is 5.56 Å². The number of ether oxygens (including phenoxy) is 1. The molecule has 0 aromatic heterocycles. The average Bonchev–Trinajstić information content (AvgIpc) is 2.85. The van der Waals surface area contributed by atoms with Crippen molar-refractivity contribution in [1.82, 2.24) is 5.32 Å². The summed E-state index contributed by atoms with van der Waals surface area (Å²) in [4.78, 5) is 11.7. The number of carbonyl (C=O) groups is 1. The Balaban J connectivity index is 1.74. The van der Waals surface area contributed by atoms with Crippen LogP contribution in [0, 0.1) is 0 Å². The predicted octanol–water partition coefficient (Wildman–Crippen LogP) is 1.35. The van der Waals surface area contributed by atoms with Crippen LogP contribution in [0.15, 0.2) is 30.3 Å². The maximum absolute atomic E-state index is 11.7. The quantitative estimate of drug-likeness (QED) is 0.773. The van der Waals surface area contributed by atoms with Crippen LogP contribution in [0.4, 0.5) is 0 Å². The number of carbonyl (C=O) groups excluding carboxylic acids is 1. The van der Waals surface area contributed by atoms with Crippen LogP contribution in [0.1, 0.15) is 29.6 Å². The summed E-state index contributed by atoms with van der Waals surface area (Å²) >= 11 is 0. The Morgan fingerprint density at radius 3 is 2.72 bits per heavy atom. The van der Waals surface area contributed by atoms with Crippen LogP contribution in [-0.4, -0.2) is 36.4 Å². The number of hydrogen-bond donors (Lipinski definition) is 2. The van der Waals surface area contributed by atoms with Gasteiger partial charge in [0.2, 0.25) is 0 Å². The summed E-state index contributed by atoms with van der Waals surface area (Å²) in [6, 6.07) is 9.58. The normalized spacial score (nSPS) is 22.9. The number of aliphatic hydroxyl groups is 1. The minimum Gasteiger partial charge on any atom is -0.460 e. The van der Waals surface area contributed by atoms with Crippen molar-refractivity contribution in [2.24, 2.45) is 0 Å². The Labute approximate surface area is 107 Å². The lowest BCUT2D eigenvalue weighted by Gasteiger charge is -2.13. The van der Waals surface area contributed by atoms with E-state index in [9.17, 15) is 4.79 Å². The molecule has 0 radical (unpaired) electrons. The van der Waals surface area contributed by atoms with Crippen molar-refractivity contribution < 1.29 is 14.6 Å². The minimum atomic E-state index is -0.275. The smallest absolute Gasteiger partial charge is 0.338 e. The highest BCUT2D eigenvalue weighted by Crippen LogP contribution is 2.15. The number of rotatable bonds is 5. The van der Waals surface area contributed by atoms with E-state index in [1.54, 1.807) is 12.1 Å². The highest BCUT2D eigenvalue weighted by molar-refractivity contribution is 5.89. The van der Waals surface area contributed by atoms with Gasteiger partial charge in [-0.2, -0.15) is 0 Å². The maximum Gasteiger partial charge on any atom is 0.338 e. The molecular weight excluding hydrogens is 230 g/mol. The third-order valence-electron chi connectivity index (χ3n) is 3.24. The predicted molar refractivity (Wildman–Crippen MR) is 68.4 cm³/mol. The largest absolute Gasteiger partial charge is 0.460 e. The van der Waals surface area contributed by atoms with Gasteiger partial charge in [0.15, 0.2) is 0 Å². The van der Waals surface area contributed by atoms with E-state index in [1.165, 1.54) is 0 Å². The third kappa shape index (κ3) is 3.55. The SMILES string of the molecule is O=C(OC[C@@H]1CC[C@@H](CCO)N1)c1ccccc1. The lowest BCUT2D eigenvalue weighted by molar-refractivity contribution is 0.0470. The lowest BCUT2D eigenvalue weighted by atomic mass is 10.1. The molecule has 2 rings (SSSR count). The van der Waals surface area contributed by atoms with Crippen LogP contribution in [0.25, 0.3) is 0 Å². The zero-order chi connectivity index (χ0) is 12.8. The molecule has 2 atom stereocenters. The molecule has 0 spiro atoms. The standard InChI is InChI=1S/C14H19NO3/c16-9-8-12-6-7-13(15-12)10-18-14(17)11-4-2-1-3-5-11/h1-5,12-13,15-16H,6-10H2/t12-,13-/m0/s1. The molecule has 0 saturated carbocycles. The third-order valence-corrected chi connectivity index (χ3v) is 3.24. The van der Waals surface area contributed by atoms with Crippen LogP contribution in [0.5, 0.6) is 0 Å². The molecule has 0 aliphatic carbocycles. The van der Waals surface area contributed by atoms with E-state index < -0.39 is 0 Å². The molecule has 1 aromatic carbocycles. The van der Waals surface area contributed by atoms with Crippen LogP contribution < -0.4 is 5.32 Å². The van der Waals surface area contributed by atoms with Crippen molar-refractivity contribution in [3.63, 3.8) is 0 Å². The van der Waals surface area contributed by atoms with Crippen LogP contribution in [0.3, 0.4) is 0 Å². The van der Waals surface area contributed by atoms with Gasteiger partial charge in [0, 0.05) is 18.7 Å². The van der Waals surface area contributed by atoms with E-state index in [-0.39, 0.29) is 18.6 Å². The molecule has 1 aromatic rings. The van der Waals surface area contributed by atoms with Crippen molar-refractivity contribution in [3.05, 3.63) is 35.9 Å². The second-order valence-electron chi connectivity index (χ2n) is 4.61. The molecule has 1 saturated heterocycles. The average molecular weight is 249 g/mol. The fourth-order valence-electron chi connectivity index (χ4n) is 2.25. The van der Waals surface area contributed by atoms with Gasteiger partial charge in [0.1, 0.15) is 6.61 Å². The number of esters is 1. The molecule has 0 amide bonds. The summed E-state index contributed by atoms with van der Waals surface area (Å²) in [6.45, 7) is 0.601. The Hall–Kier alpha value is -1.39. The molecule has 1 aliphatic heterocycles. The molecule has 0 bridgehead atoms. The van der Waals surface area contributed by atoms with E-state index >= 15 is 0 Å². The first kappa shape index (κ1) is 13.1. The summed E-state index contributed by atoms with van der Waals surface area (Å²) < 4.78 is 5.27. The van der Waals surface area contributed by atoms with E-state index in [0.29, 0.717) is 18.2 Å². The first-order chi connectivity index (χ1) is 8.79. The number of hydrogen-bond acceptors (Lipinski definition) is 4. The second kappa shape index (κ2) is 6.52. The number of nitrogens with one attached hydrogen (secondary N) is 1. The highest BCUT2D eigenvalue weighted by Gasteiger charge is 2.24. The number of benzene rings is 1. The Morgan fingerprint density at radius 1 is 1.28 bits per heavy atom. The summed E-state index contributed by atoms with van der Waals surface area (Å²) in [5, 5.41) is 12.2. The topological polar surface area (TPSA) is 58.6 Å². The second-order valence-corrected chi connectivity index (χ2v) is 4.61. The van der Waals surface area contributed by atoms with E-state index in [4.69, 9.17) is 9.84 Å². The first-order valence-electron chi connectivity index (χ1n) is 6.38. The summed E-state index contributed by atoms with van der Waals surface area (Å²) in [5.74, 6) is -0.275. The summed E-state index contributed by atoms with van der Waals surface area (Å²) in [5.41, 5.74) is 0.586. The zero-order valence-electron chi connectivity index (χ0n) is 10.3. The zero-order valence-corrected chi connectivity index (χ0v) is 10.3. The van der Waals surface area contributed by atoms with Gasteiger partial charge < -0.3 is 15.2 Å². The first-order valence-corrected chi connectivity index (χ1v) is 6.38. The molecule has 1 fully saturated rings. The van der Waals surface area contributed by atoms with Gasteiger partial charge in [-0.1, -0.05) is 18.2 Å². The van der Waals surface area contributed by atoms with E-state index in [1.807, 2.05) is 18.2 Å². The Morgan fingerprint density at radius 2 is 2.00 bits per heavy atom. The van der Waals surface area contributed by atoms with Gasteiger partial charge >= 0.3 is 5.97 Å². The molecule has 4 heteroatoms. The van der Waals surface area contributed by atoms with E-state index in [2.05, 4.69) is 5.32 Å². The molecule has 4 nitrogen and oxygen atoms in total. The minimum absolute atomic E-state index is 0.203. The fourth-order valence-corrected chi connectivity index (χ4v) is 2.25. The van der Waals surface area contributed by atoms with Gasteiger partial charge in [-0.25, -0.2) is 4.79 Å². The van der Waals surface area contributed by atoms with Crippen molar-refractivity contribution in [2.75, 3.05) is 13.2 Å². The van der Waals surface area contributed by atoms with Crippen LogP contribution in [0.2, 0.25) is 0 Å². The Bertz CT molecular complexity index is 380. The summed E-state index contributed by atoms with van der Waals surface area (Å²) in [6.07, 6.45) is 2.80. The van der Waals surface area contributed by atoms with Gasteiger partial charge in [-0.3, -0.25) is 0 Å². The van der Waals surface area contributed by atoms with Crippen molar-refractivity contribution in [2.45, 2.75) is 31.3 Å². The van der Waals surface area contributed by atoms with Crippen molar-refractivity contribution >= 4 is 5.97 Å². The lowest BCUT2D eigenvalue weighted by Crippen LogP contribution is -2.33. The molecule has 2 N–H and O–H groups in total. The Kier molecular flexibility index (Phi) is 4.73. The van der Waals surface area contributed by atoms with Crippen LogP contribution >= 0.6 is 0 Å². The molecule has 98 valence electrons. The van der Waals surface area contributed by atoms with Gasteiger partial charge in [-0.05, 0) is 31.4 Å². The number of aliphatic hydroxyl groups excluding tert-OH is 1. The highest BCUT2D eigenvalue weighted by atomic mass is 16.5. The van der Waals surface area contributed by atoms with Gasteiger partial charge in [-0.15, -0.1) is 0 Å². The maximum atomic E-state index is 11.7. The molecule has 0 unspecified atom stereocenters. The van der Waals surface area contributed by atoms with Crippen molar-refractivity contribution in [1.29, 1.82) is 0 Å². The van der Waals surface area contributed by atoms with E-state index in [0.717, 1.165) is 19.3 Å². The van der Waals surface area contributed by atoms with Crippen molar-refractivity contribution in [3.8, 4) is 0 Å². The monoisotopic (exact) mass is 249 g/mol. The fraction of sp³-hybridized carbons (Fsp3) is 0.500. The molecule has 1 heterocycles.